The van der Waals surface area contributed by atoms with Crippen molar-refractivity contribution in [2.45, 2.75) is 32.0 Å². The molecule has 0 unspecified atom stereocenters. The largest absolute Gasteiger partial charge is 0.506 e. The summed E-state index contributed by atoms with van der Waals surface area (Å²) < 4.78 is 0. The fourth-order valence-electron chi connectivity index (χ4n) is 3.04. The average molecular weight is 339 g/mol. The van der Waals surface area contributed by atoms with Crippen LogP contribution in [0.3, 0.4) is 0 Å². The van der Waals surface area contributed by atoms with Gasteiger partial charge in [0.15, 0.2) is 5.96 Å². The van der Waals surface area contributed by atoms with Crippen LogP contribution in [-0.4, -0.2) is 40.1 Å². The number of hydrogen-bond acceptors (Lipinski definition) is 4. The number of aromatic nitrogens is 1. The van der Waals surface area contributed by atoms with Gasteiger partial charge in [0, 0.05) is 31.9 Å². The Kier molecular flexibility index (Phi) is 5.85. The van der Waals surface area contributed by atoms with Gasteiger partial charge in [0.05, 0.1) is 6.54 Å². The van der Waals surface area contributed by atoms with Gasteiger partial charge >= 0.3 is 0 Å². The Morgan fingerprint density at radius 3 is 2.68 bits per heavy atom. The number of piperidine rings is 1. The van der Waals surface area contributed by atoms with Crippen LogP contribution in [0.4, 0.5) is 0 Å². The number of aliphatic imine (C=N–C) groups is 1. The van der Waals surface area contributed by atoms with Gasteiger partial charge < -0.3 is 16.2 Å². The first-order valence-corrected chi connectivity index (χ1v) is 8.66. The minimum absolute atomic E-state index is 0.147. The summed E-state index contributed by atoms with van der Waals surface area (Å²) >= 11 is 0. The van der Waals surface area contributed by atoms with Gasteiger partial charge in [-0.15, -0.1) is 0 Å². The van der Waals surface area contributed by atoms with E-state index in [4.69, 9.17) is 5.73 Å². The molecule has 4 N–H and O–H groups in total. The predicted octanol–water partition coefficient (Wildman–Crippen LogP) is 1.86. The van der Waals surface area contributed by atoms with Crippen molar-refractivity contribution in [3.8, 4) is 5.75 Å². The van der Waals surface area contributed by atoms with E-state index in [-0.39, 0.29) is 12.3 Å². The third kappa shape index (κ3) is 5.19. The molecule has 1 aromatic heterocycles. The Hall–Kier alpha value is -2.60. The van der Waals surface area contributed by atoms with Gasteiger partial charge in [-0.1, -0.05) is 30.3 Å². The van der Waals surface area contributed by atoms with E-state index in [0.29, 0.717) is 17.7 Å². The molecule has 0 radical (unpaired) electrons. The highest BCUT2D eigenvalue weighted by atomic mass is 16.3. The van der Waals surface area contributed by atoms with Gasteiger partial charge in [-0.2, -0.15) is 0 Å². The summed E-state index contributed by atoms with van der Waals surface area (Å²) in [5.74, 6) is 0.555. The van der Waals surface area contributed by atoms with Crippen molar-refractivity contribution in [1.29, 1.82) is 0 Å². The summed E-state index contributed by atoms with van der Waals surface area (Å²) in [5, 5.41) is 13.0. The highest BCUT2D eigenvalue weighted by Crippen LogP contribution is 2.15. The van der Waals surface area contributed by atoms with Gasteiger partial charge in [-0.3, -0.25) is 9.88 Å². The van der Waals surface area contributed by atoms with Crippen LogP contribution in [0.15, 0.2) is 53.7 Å². The number of aromatic hydroxyl groups is 1. The van der Waals surface area contributed by atoms with E-state index in [1.165, 1.54) is 5.56 Å². The summed E-state index contributed by atoms with van der Waals surface area (Å²) in [7, 11) is 0. The van der Waals surface area contributed by atoms with E-state index < -0.39 is 0 Å². The third-order valence-corrected chi connectivity index (χ3v) is 4.45. The minimum atomic E-state index is 0.147. The number of nitrogens with zero attached hydrogens (tertiary/aromatic N) is 3. The first kappa shape index (κ1) is 17.2. The highest BCUT2D eigenvalue weighted by Gasteiger charge is 2.19. The van der Waals surface area contributed by atoms with E-state index in [9.17, 15) is 5.11 Å². The molecule has 2 heterocycles. The number of guanidine groups is 1. The topological polar surface area (TPSA) is 86.8 Å². The van der Waals surface area contributed by atoms with Crippen LogP contribution < -0.4 is 11.1 Å². The molecule has 1 aromatic carbocycles. The number of nitrogens with two attached hydrogens (primary N) is 1. The number of pyridine rings is 1. The Balaban J connectivity index is 1.44. The minimum Gasteiger partial charge on any atom is -0.506 e. The van der Waals surface area contributed by atoms with Crippen molar-refractivity contribution < 1.29 is 5.11 Å². The molecule has 25 heavy (non-hydrogen) atoms. The summed E-state index contributed by atoms with van der Waals surface area (Å²) in [6.07, 6.45) is 3.71. The molecule has 0 amide bonds. The molecular weight excluding hydrogens is 314 g/mol. The van der Waals surface area contributed by atoms with Crippen LogP contribution in [0, 0.1) is 0 Å². The standard InChI is InChI=1S/C19H25N5O/c20-19(22-13-17-18(25)7-4-10-21-17)23-16-8-11-24(12-9-16)14-15-5-2-1-3-6-15/h1-7,10,16,25H,8-9,11-14H2,(H3,20,22,23). The number of nitrogens with one attached hydrogen (secondary N) is 1. The fraction of sp³-hybridized carbons (Fsp3) is 0.368. The predicted molar refractivity (Wildman–Crippen MR) is 99.1 cm³/mol. The molecule has 2 aromatic rings. The Labute approximate surface area is 148 Å². The van der Waals surface area contributed by atoms with E-state index in [1.54, 1.807) is 18.3 Å². The molecule has 1 aliphatic heterocycles. The molecule has 1 fully saturated rings. The normalized spacial score (nSPS) is 16.7. The molecule has 0 spiro atoms. The molecule has 6 heteroatoms. The average Bonchev–Trinajstić information content (AvgIpc) is 2.64. The van der Waals surface area contributed by atoms with Crippen LogP contribution in [0.5, 0.6) is 5.75 Å². The zero-order chi connectivity index (χ0) is 17.5. The van der Waals surface area contributed by atoms with Gasteiger partial charge in [-0.25, -0.2) is 4.99 Å². The van der Waals surface area contributed by atoms with E-state index in [2.05, 4.69) is 44.5 Å². The van der Waals surface area contributed by atoms with Crippen LogP contribution >= 0.6 is 0 Å². The Morgan fingerprint density at radius 1 is 1.20 bits per heavy atom. The molecule has 0 bridgehead atoms. The fourth-order valence-corrected chi connectivity index (χ4v) is 3.04. The van der Waals surface area contributed by atoms with E-state index in [0.717, 1.165) is 32.5 Å². The molecule has 3 rings (SSSR count). The van der Waals surface area contributed by atoms with Crippen molar-refractivity contribution in [2.75, 3.05) is 13.1 Å². The summed E-state index contributed by atoms with van der Waals surface area (Å²) in [4.78, 5) is 10.8. The maximum Gasteiger partial charge on any atom is 0.189 e. The second-order valence-electron chi connectivity index (χ2n) is 6.35. The van der Waals surface area contributed by atoms with Crippen molar-refractivity contribution in [3.63, 3.8) is 0 Å². The second kappa shape index (κ2) is 8.48. The van der Waals surface area contributed by atoms with Gasteiger partial charge in [0.1, 0.15) is 11.4 Å². The van der Waals surface area contributed by atoms with Crippen LogP contribution in [0.25, 0.3) is 0 Å². The maximum absolute atomic E-state index is 9.70. The van der Waals surface area contributed by atoms with Crippen molar-refractivity contribution in [3.05, 3.63) is 59.9 Å². The van der Waals surface area contributed by atoms with Crippen LogP contribution in [-0.2, 0) is 13.1 Å². The zero-order valence-corrected chi connectivity index (χ0v) is 14.3. The van der Waals surface area contributed by atoms with Crippen molar-refractivity contribution >= 4 is 5.96 Å². The molecule has 6 nitrogen and oxygen atoms in total. The number of likely N-dealkylation sites (tertiary alicyclic amines) is 1. The number of rotatable bonds is 5. The highest BCUT2D eigenvalue weighted by molar-refractivity contribution is 5.78. The van der Waals surface area contributed by atoms with Gasteiger partial charge in [0.25, 0.3) is 0 Å². The van der Waals surface area contributed by atoms with Crippen LogP contribution in [0.2, 0.25) is 0 Å². The van der Waals surface area contributed by atoms with Gasteiger partial charge in [0.2, 0.25) is 0 Å². The Bertz CT molecular complexity index is 696. The molecular formula is C19H25N5O. The smallest absolute Gasteiger partial charge is 0.189 e. The lowest BCUT2D eigenvalue weighted by Gasteiger charge is -2.32. The van der Waals surface area contributed by atoms with Crippen molar-refractivity contribution in [1.82, 2.24) is 15.2 Å². The number of benzene rings is 1. The first-order valence-electron chi connectivity index (χ1n) is 8.66. The maximum atomic E-state index is 9.70. The van der Waals surface area contributed by atoms with Crippen molar-refractivity contribution in [2.24, 2.45) is 10.7 Å². The summed E-state index contributed by atoms with van der Waals surface area (Å²) in [6.45, 7) is 3.36. The van der Waals surface area contributed by atoms with E-state index >= 15 is 0 Å². The SMILES string of the molecule is NC(=NCc1ncccc1O)NC1CCN(Cc2ccccc2)CC1. The molecule has 0 saturated carbocycles. The van der Waals surface area contributed by atoms with E-state index in [1.807, 2.05) is 6.07 Å². The first-order chi connectivity index (χ1) is 12.2. The molecule has 1 aliphatic rings. The molecule has 0 atom stereocenters. The van der Waals surface area contributed by atoms with Gasteiger partial charge in [-0.05, 0) is 30.5 Å². The number of hydrogen-bond donors (Lipinski definition) is 3. The summed E-state index contributed by atoms with van der Waals surface area (Å²) in [6, 6.07) is 14.2. The molecule has 132 valence electrons. The second-order valence-corrected chi connectivity index (χ2v) is 6.35. The lowest BCUT2D eigenvalue weighted by Crippen LogP contribution is -2.46. The summed E-state index contributed by atoms with van der Waals surface area (Å²) in [5.41, 5.74) is 7.86. The third-order valence-electron chi connectivity index (χ3n) is 4.45. The molecule has 0 aliphatic carbocycles. The quantitative estimate of drug-likeness (QED) is 0.572. The lowest BCUT2D eigenvalue weighted by atomic mass is 10.0. The molecule has 1 saturated heterocycles. The lowest BCUT2D eigenvalue weighted by molar-refractivity contribution is 0.199. The monoisotopic (exact) mass is 339 g/mol. The van der Waals surface area contributed by atoms with Crippen LogP contribution in [0.1, 0.15) is 24.1 Å². The zero-order valence-electron chi connectivity index (χ0n) is 14.3. The Morgan fingerprint density at radius 2 is 1.96 bits per heavy atom.